The van der Waals surface area contributed by atoms with E-state index in [1.54, 1.807) is 0 Å². The predicted octanol–water partition coefficient (Wildman–Crippen LogP) is 2.75. The molecule has 1 aromatic carbocycles. The van der Waals surface area contributed by atoms with Gasteiger partial charge in [0.2, 0.25) is 0 Å². The van der Waals surface area contributed by atoms with Gasteiger partial charge in [-0.2, -0.15) is 0 Å². The van der Waals surface area contributed by atoms with Crippen LogP contribution < -0.4 is 5.73 Å². The van der Waals surface area contributed by atoms with E-state index in [4.69, 9.17) is 17.3 Å². The molecular formula is C10H14ClN. The van der Waals surface area contributed by atoms with Crippen molar-refractivity contribution in [2.24, 2.45) is 0 Å². The van der Waals surface area contributed by atoms with Gasteiger partial charge in [-0.25, -0.2) is 0 Å². The number of halogens is 1. The van der Waals surface area contributed by atoms with Crippen LogP contribution in [0.15, 0.2) is 18.2 Å². The van der Waals surface area contributed by atoms with Gasteiger partial charge in [-0.3, -0.25) is 0 Å². The van der Waals surface area contributed by atoms with Crippen molar-refractivity contribution in [2.45, 2.75) is 19.8 Å². The third-order valence-corrected chi connectivity index (χ3v) is 2.33. The van der Waals surface area contributed by atoms with E-state index in [1.165, 1.54) is 11.1 Å². The van der Waals surface area contributed by atoms with E-state index in [0.29, 0.717) is 5.88 Å². The molecule has 1 aromatic rings. The lowest BCUT2D eigenvalue weighted by Gasteiger charge is -2.06. The quantitative estimate of drug-likeness (QED) is 0.566. The first-order valence-electron chi connectivity index (χ1n) is 4.15. The summed E-state index contributed by atoms with van der Waals surface area (Å²) in [6.45, 7) is 2.05. The number of nitrogens with two attached hydrogens (primary N) is 1. The molecule has 0 unspecified atom stereocenters. The summed E-state index contributed by atoms with van der Waals surface area (Å²) in [5, 5.41) is 0. The first-order valence-corrected chi connectivity index (χ1v) is 4.69. The molecule has 0 radical (unpaired) electrons. The molecule has 0 amide bonds. The van der Waals surface area contributed by atoms with E-state index in [1.807, 2.05) is 12.1 Å². The zero-order valence-electron chi connectivity index (χ0n) is 7.31. The zero-order valence-corrected chi connectivity index (χ0v) is 8.06. The molecule has 0 atom stereocenters. The highest BCUT2D eigenvalue weighted by Crippen LogP contribution is 2.16. The standard InChI is InChI=1S/C10H14ClN/c1-8-9(5-3-7-11)4-2-6-10(8)12/h2,4,6H,3,5,7,12H2,1H3. The Kier molecular flexibility index (Phi) is 3.42. The van der Waals surface area contributed by atoms with Crippen LogP contribution >= 0.6 is 11.6 Å². The number of anilines is 1. The Bertz CT molecular complexity index is 258. The number of rotatable bonds is 3. The van der Waals surface area contributed by atoms with Gasteiger partial charge in [0.15, 0.2) is 0 Å². The molecule has 2 heteroatoms. The highest BCUT2D eigenvalue weighted by atomic mass is 35.5. The molecule has 0 saturated heterocycles. The Morgan fingerprint density at radius 3 is 2.83 bits per heavy atom. The van der Waals surface area contributed by atoms with Gasteiger partial charge in [-0.15, -0.1) is 11.6 Å². The molecule has 66 valence electrons. The van der Waals surface area contributed by atoms with Crippen molar-refractivity contribution in [1.82, 2.24) is 0 Å². The number of alkyl halides is 1. The maximum Gasteiger partial charge on any atom is 0.0346 e. The minimum atomic E-state index is 0.717. The Labute approximate surface area is 78.5 Å². The lowest BCUT2D eigenvalue weighted by atomic mass is 10.0. The fourth-order valence-electron chi connectivity index (χ4n) is 1.23. The smallest absolute Gasteiger partial charge is 0.0346 e. The number of nitrogen functional groups attached to an aromatic ring is 1. The average Bonchev–Trinajstić information content (AvgIpc) is 2.08. The van der Waals surface area contributed by atoms with Crippen molar-refractivity contribution in [3.8, 4) is 0 Å². The van der Waals surface area contributed by atoms with Crippen LogP contribution in [0.2, 0.25) is 0 Å². The second kappa shape index (κ2) is 4.36. The van der Waals surface area contributed by atoms with E-state index >= 15 is 0 Å². The van der Waals surface area contributed by atoms with Crippen LogP contribution in [-0.4, -0.2) is 5.88 Å². The number of benzene rings is 1. The van der Waals surface area contributed by atoms with E-state index in [2.05, 4.69) is 13.0 Å². The highest BCUT2D eigenvalue weighted by molar-refractivity contribution is 6.17. The van der Waals surface area contributed by atoms with Gasteiger partial charge in [0.1, 0.15) is 0 Å². The molecule has 1 nitrogen and oxygen atoms in total. The van der Waals surface area contributed by atoms with Crippen molar-refractivity contribution in [3.63, 3.8) is 0 Å². The molecule has 0 aliphatic carbocycles. The summed E-state index contributed by atoms with van der Waals surface area (Å²) >= 11 is 5.61. The van der Waals surface area contributed by atoms with Crippen molar-refractivity contribution >= 4 is 17.3 Å². The minimum absolute atomic E-state index is 0.717. The van der Waals surface area contributed by atoms with E-state index in [9.17, 15) is 0 Å². The normalized spacial score (nSPS) is 10.2. The van der Waals surface area contributed by atoms with Crippen LogP contribution in [-0.2, 0) is 6.42 Å². The summed E-state index contributed by atoms with van der Waals surface area (Å²) in [7, 11) is 0. The molecule has 0 aliphatic rings. The zero-order chi connectivity index (χ0) is 8.97. The molecule has 0 aromatic heterocycles. The SMILES string of the molecule is Cc1c(N)cccc1CCCCl. The van der Waals surface area contributed by atoms with E-state index in [0.717, 1.165) is 18.5 Å². The van der Waals surface area contributed by atoms with E-state index < -0.39 is 0 Å². The second-order valence-corrected chi connectivity index (χ2v) is 3.30. The number of hydrogen-bond acceptors (Lipinski definition) is 1. The largest absolute Gasteiger partial charge is 0.399 e. The maximum absolute atomic E-state index is 5.76. The maximum atomic E-state index is 5.76. The third kappa shape index (κ3) is 2.15. The van der Waals surface area contributed by atoms with Crippen molar-refractivity contribution in [3.05, 3.63) is 29.3 Å². The van der Waals surface area contributed by atoms with Gasteiger partial charge in [0.05, 0.1) is 0 Å². The van der Waals surface area contributed by atoms with Crippen molar-refractivity contribution < 1.29 is 0 Å². The van der Waals surface area contributed by atoms with Gasteiger partial charge in [-0.1, -0.05) is 12.1 Å². The summed E-state index contributed by atoms with van der Waals surface area (Å²) < 4.78 is 0. The highest BCUT2D eigenvalue weighted by Gasteiger charge is 1.99. The Hall–Kier alpha value is -0.690. The van der Waals surface area contributed by atoms with Gasteiger partial charge in [-0.05, 0) is 37.0 Å². The number of hydrogen-bond donors (Lipinski definition) is 1. The molecule has 0 heterocycles. The first-order chi connectivity index (χ1) is 5.75. The molecule has 0 aliphatic heterocycles. The Morgan fingerprint density at radius 1 is 1.42 bits per heavy atom. The lowest BCUT2D eigenvalue weighted by molar-refractivity contribution is 0.920. The van der Waals surface area contributed by atoms with Crippen molar-refractivity contribution in [1.29, 1.82) is 0 Å². The molecule has 0 bridgehead atoms. The topological polar surface area (TPSA) is 26.0 Å². The van der Waals surface area contributed by atoms with Gasteiger partial charge in [0, 0.05) is 11.6 Å². The first kappa shape index (κ1) is 9.40. The van der Waals surface area contributed by atoms with Gasteiger partial charge < -0.3 is 5.73 Å². The molecule has 0 fully saturated rings. The number of aryl methyl sites for hydroxylation is 1. The van der Waals surface area contributed by atoms with Crippen LogP contribution in [0.4, 0.5) is 5.69 Å². The summed E-state index contributed by atoms with van der Waals surface area (Å²) in [5.41, 5.74) is 9.15. The molecule has 2 N–H and O–H groups in total. The summed E-state index contributed by atoms with van der Waals surface area (Å²) in [4.78, 5) is 0. The van der Waals surface area contributed by atoms with Crippen LogP contribution in [0.5, 0.6) is 0 Å². The third-order valence-electron chi connectivity index (χ3n) is 2.07. The average molecular weight is 184 g/mol. The minimum Gasteiger partial charge on any atom is -0.399 e. The molecular weight excluding hydrogens is 170 g/mol. The molecule has 1 rings (SSSR count). The van der Waals surface area contributed by atoms with Gasteiger partial charge >= 0.3 is 0 Å². The van der Waals surface area contributed by atoms with Gasteiger partial charge in [0.25, 0.3) is 0 Å². The monoisotopic (exact) mass is 183 g/mol. The molecule has 12 heavy (non-hydrogen) atoms. The van der Waals surface area contributed by atoms with E-state index in [-0.39, 0.29) is 0 Å². The fourth-order valence-corrected chi connectivity index (χ4v) is 1.37. The van der Waals surface area contributed by atoms with Crippen LogP contribution in [0.3, 0.4) is 0 Å². The predicted molar refractivity (Wildman–Crippen MR) is 54.6 cm³/mol. The van der Waals surface area contributed by atoms with Crippen LogP contribution in [0.25, 0.3) is 0 Å². The Morgan fingerprint density at radius 2 is 2.17 bits per heavy atom. The second-order valence-electron chi connectivity index (χ2n) is 2.92. The molecule has 0 spiro atoms. The summed E-state index contributed by atoms with van der Waals surface area (Å²) in [5.74, 6) is 0.717. The van der Waals surface area contributed by atoms with Crippen LogP contribution in [0.1, 0.15) is 17.5 Å². The summed E-state index contributed by atoms with van der Waals surface area (Å²) in [6.07, 6.45) is 2.05. The fraction of sp³-hybridized carbons (Fsp3) is 0.400. The lowest BCUT2D eigenvalue weighted by Crippen LogP contribution is -1.95. The van der Waals surface area contributed by atoms with Crippen molar-refractivity contribution in [2.75, 3.05) is 11.6 Å². The summed E-state index contributed by atoms with van der Waals surface area (Å²) in [6, 6.07) is 6.03. The molecule has 0 saturated carbocycles. The Balaban J connectivity index is 2.78. The van der Waals surface area contributed by atoms with Crippen LogP contribution in [0, 0.1) is 6.92 Å².